The average Bonchev–Trinajstić information content (AvgIpc) is 2.33. The van der Waals surface area contributed by atoms with E-state index in [0.717, 1.165) is 27.1 Å². The maximum absolute atomic E-state index is 13.8. The summed E-state index contributed by atoms with van der Waals surface area (Å²) in [7, 11) is 0. The Morgan fingerprint density at radius 3 is 2.21 bits per heavy atom. The van der Waals surface area contributed by atoms with E-state index in [1.165, 1.54) is 0 Å². The minimum atomic E-state index is -0.635. The summed E-state index contributed by atoms with van der Waals surface area (Å²) in [4.78, 5) is 0. The van der Waals surface area contributed by atoms with Gasteiger partial charge in [-0.3, -0.25) is 5.84 Å². The van der Waals surface area contributed by atoms with Gasteiger partial charge in [0.15, 0.2) is 0 Å². The van der Waals surface area contributed by atoms with E-state index in [4.69, 9.17) is 5.84 Å². The van der Waals surface area contributed by atoms with Gasteiger partial charge in [-0.2, -0.15) is 0 Å². The molecule has 0 aliphatic heterocycles. The Kier molecular flexibility index (Phi) is 4.67. The molecular weight excluding hydrogens is 382 g/mol. The van der Waals surface area contributed by atoms with Gasteiger partial charge in [-0.1, -0.05) is 31.9 Å². The molecule has 0 spiro atoms. The van der Waals surface area contributed by atoms with Crippen molar-refractivity contribution >= 4 is 31.9 Å². The Morgan fingerprint density at radius 1 is 1.00 bits per heavy atom. The summed E-state index contributed by atoms with van der Waals surface area (Å²) >= 11 is 6.70. The predicted octanol–water partition coefficient (Wildman–Crippen LogP) is 4.04. The van der Waals surface area contributed by atoms with Crippen LogP contribution in [0.2, 0.25) is 0 Å². The first-order valence-corrected chi connectivity index (χ1v) is 6.97. The first-order chi connectivity index (χ1) is 9.01. The lowest BCUT2D eigenvalue weighted by molar-refractivity contribution is 0.545. The molecule has 0 aliphatic carbocycles. The van der Waals surface area contributed by atoms with E-state index in [1.807, 2.05) is 6.07 Å². The van der Waals surface area contributed by atoms with Crippen molar-refractivity contribution in [2.75, 3.05) is 0 Å². The Labute approximate surface area is 126 Å². The summed E-state index contributed by atoms with van der Waals surface area (Å²) in [5.74, 6) is 4.46. The van der Waals surface area contributed by atoms with Crippen molar-refractivity contribution in [1.29, 1.82) is 0 Å². The molecule has 2 aromatic rings. The van der Waals surface area contributed by atoms with Gasteiger partial charge in [0.05, 0.1) is 6.04 Å². The van der Waals surface area contributed by atoms with Crippen molar-refractivity contribution in [3.63, 3.8) is 0 Å². The lowest BCUT2D eigenvalue weighted by atomic mass is 9.99. The summed E-state index contributed by atoms with van der Waals surface area (Å²) in [6.45, 7) is 0. The van der Waals surface area contributed by atoms with E-state index < -0.39 is 17.7 Å². The zero-order valence-electron chi connectivity index (χ0n) is 9.63. The molecule has 0 bridgehead atoms. The number of rotatable bonds is 3. The third-order valence-corrected chi connectivity index (χ3v) is 3.57. The molecule has 100 valence electrons. The molecule has 0 aliphatic rings. The molecule has 0 saturated carbocycles. The number of hydrogen-bond donors (Lipinski definition) is 2. The Hall–Kier alpha value is -0.820. The second-order valence-electron chi connectivity index (χ2n) is 3.97. The highest BCUT2D eigenvalue weighted by Gasteiger charge is 2.18. The van der Waals surface area contributed by atoms with Crippen LogP contribution in [-0.4, -0.2) is 0 Å². The van der Waals surface area contributed by atoms with Crippen LogP contribution >= 0.6 is 31.9 Å². The molecule has 0 radical (unpaired) electrons. The zero-order valence-corrected chi connectivity index (χ0v) is 12.8. The second kappa shape index (κ2) is 6.09. The number of hydrazine groups is 1. The van der Waals surface area contributed by atoms with Crippen LogP contribution in [0.25, 0.3) is 0 Å². The molecule has 1 atom stereocenters. The zero-order chi connectivity index (χ0) is 14.0. The predicted molar refractivity (Wildman–Crippen MR) is 77.4 cm³/mol. The van der Waals surface area contributed by atoms with Crippen LogP contribution in [0.1, 0.15) is 17.2 Å². The number of nitrogens with one attached hydrogen (secondary N) is 1. The van der Waals surface area contributed by atoms with Gasteiger partial charge in [0.2, 0.25) is 0 Å². The van der Waals surface area contributed by atoms with Gasteiger partial charge in [-0.25, -0.2) is 14.2 Å². The Balaban J connectivity index is 2.52. The Bertz CT molecular complexity index is 585. The van der Waals surface area contributed by atoms with Crippen molar-refractivity contribution in [2.24, 2.45) is 5.84 Å². The normalized spacial score (nSPS) is 12.5. The molecule has 0 saturated heterocycles. The van der Waals surface area contributed by atoms with E-state index in [2.05, 4.69) is 37.3 Å². The minimum absolute atomic E-state index is 0.160. The third-order valence-electron chi connectivity index (χ3n) is 2.65. The Morgan fingerprint density at radius 2 is 1.63 bits per heavy atom. The first-order valence-electron chi connectivity index (χ1n) is 5.38. The van der Waals surface area contributed by atoms with Gasteiger partial charge < -0.3 is 0 Å². The SMILES string of the molecule is NNC(c1cc(Br)cc(Br)c1)c1cc(F)ccc1F. The van der Waals surface area contributed by atoms with E-state index >= 15 is 0 Å². The van der Waals surface area contributed by atoms with Crippen LogP contribution in [0, 0.1) is 11.6 Å². The monoisotopic (exact) mass is 390 g/mol. The lowest BCUT2D eigenvalue weighted by Crippen LogP contribution is -2.29. The van der Waals surface area contributed by atoms with Crippen LogP contribution in [-0.2, 0) is 0 Å². The fourth-order valence-electron chi connectivity index (χ4n) is 1.84. The van der Waals surface area contributed by atoms with Crippen LogP contribution in [0.5, 0.6) is 0 Å². The number of halogens is 4. The quantitative estimate of drug-likeness (QED) is 0.612. The molecule has 0 amide bonds. The molecule has 0 fully saturated rings. The molecule has 2 aromatic carbocycles. The first kappa shape index (κ1) is 14.6. The molecule has 0 aromatic heterocycles. The standard InChI is InChI=1S/C13H10Br2F2N2/c14-8-3-7(4-9(15)5-8)13(19-18)11-6-10(16)1-2-12(11)17/h1-6,13,19H,18H2. The topological polar surface area (TPSA) is 38.0 Å². The van der Waals surface area contributed by atoms with Crippen LogP contribution in [0.15, 0.2) is 45.3 Å². The maximum Gasteiger partial charge on any atom is 0.128 e. The maximum atomic E-state index is 13.8. The second-order valence-corrected chi connectivity index (χ2v) is 5.80. The molecule has 2 nitrogen and oxygen atoms in total. The van der Waals surface area contributed by atoms with Crippen molar-refractivity contribution in [1.82, 2.24) is 5.43 Å². The fraction of sp³-hybridized carbons (Fsp3) is 0.0769. The van der Waals surface area contributed by atoms with Crippen molar-refractivity contribution in [3.8, 4) is 0 Å². The van der Waals surface area contributed by atoms with Crippen molar-refractivity contribution < 1.29 is 8.78 Å². The van der Waals surface area contributed by atoms with Crippen LogP contribution in [0.3, 0.4) is 0 Å². The smallest absolute Gasteiger partial charge is 0.128 e. The summed E-state index contributed by atoms with van der Waals surface area (Å²) in [5, 5.41) is 0. The van der Waals surface area contributed by atoms with Gasteiger partial charge in [0.25, 0.3) is 0 Å². The molecule has 19 heavy (non-hydrogen) atoms. The van der Waals surface area contributed by atoms with Crippen molar-refractivity contribution in [2.45, 2.75) is 6.04 Å². The molecule has 1 unspecified atom stereocenters. The van der Waals surface area contributed by atoms with Gasteiger partial charge in [-0.05, 0) is 42.0 Å². The number of nitrogens with two attached hydrogens (primary N) is 1. The van der Waals surface area contributed by atoms with Gasteiger partial charge >= 0.3 is 0 Å². The number of hydrogen-bond acceptors (Lipinski definition) is 2. The van der Waals surface area contributed by atoms with E-state index in [-0.39, 0.29) is 5.56 Å². The molecule has 3 N–H and O–H groups in total. The summed E-state index contributed by atoms with van der Waals surface area (Å²) in [6.07, 6.45) is 0. The third kappa shape index (κ3) is 3.39. The molecule has 0 heterocycles. The van der Waals surface area contributed by atoms with E-state index in [9.17, 15) is 8.78 Å². The molecule has 6 heteroatoms. The summed E-state index contributed by atoms with van der Waals surface area (Å²) in [5.41, 5.74) is 3.38. The van der Waals surface area contributed by atoms with Gasteiger partial charge in [0.1, 0.15) is 11.6 Å². The fourth-order valence-corrected chi connectivity index (χ4v) is 3.17. The lowest BCUT2D eigenvalue weighted by Gasteiger charge is -2.18. The molecule has 2 rings (SSSR count). The highest BCUT2D eigenvalue weighted by molar-refractivity contribution is 9.11. The summed E-state index contributed by atoms with van der Waals surface area (Å²) in [6, 6.07) is 8.09. The largest absolute Gasteiger partial charge is 0.271 e. The minimum Gasteiger partial charge on any atom is -0.271 e. The van der Waals surface area contributed by atoms with E-state index in [0.29, 0.717) is 5.56 Å². The molecular formula is C13H10Br2F2N2. The number of benzene rings is 2. The van der Waals surface area contributed by atoms with Crippen LogP contribution in [0.4, 0.5) is 8.78 Å². The van der Waals surface area contributed by atoms with E-state index in [1.54, 1.807) is 12.1 Å². The van der Waals surface area contributed by atoms with Crippen molar-refractivity contribution in [3.05, 3.63) is 68.1 Å². The van der Waals surface area contributed by atoms with Gasteiger partial charge in [-0.15, -0.1) is 0 Å². The average molecular weight is 392 g/mol. The summed E-state index contributed by atoms with van der Waals surface area (Å²) < 4.78 is 28.7. The van der Waals surface area contributed by atoms with Gasteiger partial charge in [0, 0.05) is 14.5 Å². The highest BCUT2D eigenvalue weighted by Crippen LogP contribution is 2.29. The van der Waals surface area contributed by atoms with Crippen LogP contribution < -0.4 is 11.3 Å². The highest BCUT2D eigenvalue weighted by atomic mass is 79.9.